The van der Waals surface area contributed by atoms with Crippen LogP contribution >= 0.6 is 0 Å². The van der Waals surface area contributed by atoms with Gasteiger partial charge in [-0.1, -0.05) is 19.0 Å². The molecule has 114 valence electrons. The number of rotatable bonds is 5. The van der Waals surface area contributed by atoms with Gasteiger partial charge in [0.25, 0.3) is 5.89 Å². The summed E-state index contributed by atoms with van der Waals surface area (Å²) in [6, 6.07) is 2.06. The normalized spacial score (nSPS) is 18.8. The molecule has 0 N–H and O–H groups in total. The molecule has 0 radical (unpaired) electrons. The Balaban J connectivity index is 1.86. The molecule has 0 aromatic carbocycles. The summed E-state index contributed by atoms with van der Waals surface area (Å²) in [7, 11) is 0. The fourth-order valence-corrected chi connectivity index (χ4v) is 2.64. The van der Waals surface area contributed by atoms with Gasteiger partial charge in [-0.3, -0.25) is 4.68 Å². The highest BCUT2D eigenvalue weighted by molar-refractivity contribution is 5.48. The van der Waals surface area contributed by atoms with Gasteiger partial charge < -0.3 is 9.26 Å². The van der Waals surface area contributed by atoms with Crippen LogP contribution < -0.4 is 0 Å². The average molecular weight is 290 g/mol. The quantitative estimate of drug-likeness (QED) is 0.847. The zero-order chi connectivity index (χ0) is 14.8. The van der Waals surface area contributed by atoms with E-state index < -0.39 is 0 Å². The molecule has 0 unspecified atom stereocenters. The second-order valence-electron chi connectivity index (χ2n) is 5.95. The lowest BCUT2D eigenvalue weighted by molar-refractivity contribution is 0.192. The van der Waals surface area contributed by atoms with Gasteiger partial charge in [-0.15, -0.1) is 0 Å². The maximum atomic E-state index is 5.45. The van der Waals surface area contributed by atoms with Gasteiger partial charge >= 0.3 is 0 Å². The van der Waals surface area contributed by atoms with Gasteiger partial charge in [-0.05, 0) is 31.7 Å². The second kappa shape index (κ2) is 5.97. The topological polar surface area (TPSA) is 66.0 Å². The summed E-state index contributed by atoms with van der Waals surface area (Å²) in [5, 5.41) is 8.73. The van der Waals surface area contributed by atoms with Crippen molar-refractivity contribution in [2.75, 3.05) is 13.2 Å². The molecule has 6 heteroatoms. The van der Waals surface area contributed by atoms with E-state index in [4.69, 9.17) is 9.26 Å². The van der Waals surface area contributed by atoms with Crippen molar-refractivity contribution in [2.24, 2.45) is 5.92 Å². The number of hydrogen-bond donors (Lipinski definition) is 0. The summed E-state index contributed by atoms with van der Waals surface area (Å²) in [5.41, 5.74) is 1.98. The molecule has 0 saturated carbocycles. The molecule has 0 amide bonds. The van der Waals surface area contributed by atoms with Crippen molar-refractivity contribution in [1.82, 2.24) is 19.9 Å². The molecule has 2 aromatic rings. The van der Waals surface area contributed by atoms with E-state index >= 15 is 0 Å². The number of aromatic nitrogens is 4. The van der Waals surface area contributed by atoms with Crippen LogP contribution in [-0.4, -0.2) is 33.1 Å². The van der Waals surface area contributed by atoms with Gasteiger partial charge in [0, 0.05) is 19.1 Å². The average Bonchev–Trinajstić information content (AvgIpc) is 3.17. The molecule has 0 bridgehead atoms. The molecular weight excluding hydrogens is 268 g/mol. The van der Waals surface area contributed by atoms with Crippen molar-refractivity contribution in [2.45, 2.75) is 46.1 Å². The summed E-state index contributed by atoms with van der Waals surface area (Å²) in [5.74, 6) is 2.14. The van der Waals surface area contributed by atoms with E-state index in [1.807, 2.05) is 4.68 Å². The summed E-state index contributed by atoms with van der Waals surface area (Å²) in [4.78, 5) is 4.54. The minimum atomic E-state index is 0.260. The lowest BCUT2D eigenvalue weighted by Gasteiger charge is -2.00. The maximum Gasteiger partial charge on any atom is 0.276 e. The molecule has 1 aliphatic heterocycles. The van der Waals surface area contributed by atoms with Gasteiger partial charge in [-0.25, -0.2) is 0 Å². The Morgan fingerprint density at radius 2 is 2.29 bits per heavy atom. The third kappa shape index (κ3) is 3.00. The van der Waals surface area contributed by atoms with E-state index in [-0.39, 0.29) is 5.92 Å². The molecule has 1 aliphatic rings. The lowest BCUT2D eigenvalue weighted by atomic mass is 10.1. The van der Waals surface area contributed by atoms with E-state index in [0.717, 1.165) is 43.2 Å². The molecule has 1 atom stereocenters. The standard InChI is InChI=1S/C15H22N4O2/c1-4-19-13(8-12(17-19)7-10(2)3)15-16-14(18-21-15)11-5-6-20-9-11/h8,10-11H,4-7,9H2,1-3H3/t11-/m0/s1. The van der Waals surface area contributed by atoms with Gasteiger partial charge in [0.1, 0.15) is 5.69 Å². The number of ether oxygens (including phenoxy) is 1. The van der Waals surface area contributed by atoms with Crippen LogP contribution in [0.2, 0.25) is 0 Å². The van der Waals surface area contributed by atoms with E-state index in [1.54, 1.807) is 0 Å². The fraction of sp³-hybridized carbons (Fsp3) is 0.667. The van der Waals surface area contributed by atoms with E-state index in [2.05, 4.69) is 42.1 Å². The summed E-state index contributed by atoms with van der Waals surface area (Å²) >= 11 is 0. The molecule has 2 aromatic heterocycles. The van der Waals surface area contributed by atoms with Crippen LogP contribution in [0.1, 0.15) is 44.6 Å². The molecule has 1 fully saturated rings. The Bertz CT molecular complexity index is 597. The third-order valence-electron chi connectivity index (χ3n) is 3.70. The van der Waals surface area contributed by atoms with Crippen LogP contribution in [0.3, 0.4) is 0 Å². The maximum absolute atomic E-state index is 5.45. The summed E-state index contributed by atoms with van der Waals surface area (Å²) in [6.07, 6.45) is 1.92. The SMILES string of the molecule is CCn1nc(CC(C)C)cc1-c1nc([C@H]2CCOC2)no1. The largest absolute Gasteiger partial charge is 0.381 e. The predicted molar refractivity (Wildman–Crippen MR) is 77.9 cm³/mol. The highest BCUT2D eigenvalue weighted by Crippen LogP contribution is 2.26. The van der Waals surface area contributed by atoms with Gasteiger partial charge in [0.15, 0.2) is 5.82 Å². The lowest BCUT2D eigenvalue weighted by Crippen LogP contribution is -2.02. The number of aryl methyl sites for hydroxylation is 1. The molecular formula is C15H22N4O2. The first-order chi connectivity index (χ1) is 10.2. The highest BCUT2D eigenvalue weighted by Gasteiger charge is 2.24. The fourth-order valence-electron chi connectivity index (χ4n) is 2.64. The van der Waals surface area contributed by atoms with Crippen molar-refractivity contribution in [1.29, 1.82) is 0 Å². The smallest absolute Gasteiger partial charge is 0.276 e. The molecule has 3 heterocycles. The van der Waals surface area contributed by atoms with Crippen molar-refractivity contribution in [3.63, 3.8) is 0 Å². The molecule has 3 rings (SSSR count). The van der Waals surface area contributed by atoms with Crippen molar-refractivity contribution in [3.8, 4) is 11.6 Å². The number of hydrogen-bond acceptors (Lipinski definition) is 5. The predicted octanol–water partition coefficient (Wildman–Crippen LogP) is 2.66. The molecule has 0 spiro atoms. The van der Waals surface area contributed by atoms with Gasteiger partial charge in [0.2, 0.25) is 0 Å². The van der Waals surface area contributed by atoms with Crippen molar-refractivity contribution in [3.05, 3.63) is 17.6 Å². The molecule has 6 nitrogen and oxygen atoms in total. The van der Waals surface area contributed by atoms with Crippen LogP contribution in [0, 0.1) is 5.92 Å². The van der Waals surface area contributed by atoms with Gasteiger partial charge in [-0.2, -0.15) is 10.1 Å². The Labute approximate surface area is 124 Å². The summed E-state index contributed by atoms with van der Waals surface area (Å²) in [6.45, 7) is 8.70. The zero-order valence-corrected chi connectivity index (χ0v) is 12.9. The van der Waals surface area contributed by atoms with Crippen LogP contribution in [0.4, 0.5) is 0 Å². The van der Waals surface area contributed by atoms with Crippen LogP contribution in [0.15, 0.2) is 10.6 Å². The zero-order valence-electron chi connectivity index (χ0n) is 12.9. The first-order valence-electron chi connectivity index (χ1n) is 7.65. The van der Waals surface area contributed by atoms with Crippen LogP contribution in [-0.2, 0) is 17.7 Å². The Hall–Kier alpha value is -1.69. The molecule has 1 saturated heterocycles. The highest BCUT2D eigenvalue weighted by atomic mass is 16.5. The van der Waals surface area contributed by atoms with Gasteiger partial charge in [0.05, 0.1) is 12.3 Å². The Kier molecular flexibility index (Phi) is 4.05. The first-order valence-corrected chi connectivity index (χ1v) is 7.65. The first kappa shape index (κ1) is 14.3. The minimum absolute atomic E-state index is 0.260. The Morgan fingerprint density at radius 3 is 2.95 bits per heavy atom. The minimum Gasteiger partial charge on any atom is -0.381 e. The summed E-state index contributed by atoms with van der Waals surface area (Å²) < 4.78 is 12.8. The van der Waals surface area contributed by atoms with Crippen molar-refractivity contribution >= 4 is 0 Å². The number of nitrogens with zero attached hydrogens (tertiary/aromatic N) is 4. The molecule has 0 aliphatic carbocycles. The molecule has 21 heavy (non-hydrogen) atoms. The third-order valence-corrected chi connectivity index (χ3v) is 3.70. The van der Waals surface area contributed by atoms with Crippen LogP contribution in [0.25, 0.3) is 11.6 Å². The monoisotopic (exact) mass is 290 g/mol. The van der Waals surface area contributed by atoms with E-state index in [9.17, 15) is 0 Å². The van der Waals surface area contributed by atoms with Crippen LogP contribution in [0.5, 0.6) is 0 Å². The van der Waals surface area contributed by atoms with E-state index in [1.165, 1.54) is 0 Å². The second-order valence-corrected chi connectivity index (χ2v) is 5.95. The van der Waals surface area contributed by atoms with Crippen molar-refractivity contribution < 1.29 is 9.26 Å². The Morgan fingerprint density at radius 1 is 1.43 bits per heavy atom. The van der Waals surface area contributed by atoms with E-state index in [0.29, 0.717) is 18.4 Å².